The molecule has 2 aromatic rings. The molecule has 5 nitrogen and oxygen atoms in total. The summed E-state index contributed by atoms with van der Waals surface area (Å²) >= 11 is 0. The summed E-state index contributed by atoms with van der Waals surface area (Å²) < 4.78 is 2.14. The number of quaternary nitrogens is 1. The van der Waals surface area contributed by atoms with E-state index in [2.05, 4.69) is 20.9 Å². The first-order valence-corrected chi connectivity index (χ1v) is 7.80. The first kappa shape index (κ1) is 14.1. The van der Waals surface area contributed by atoms with Crippen molar-refractivity contribution in [2.45, 2.75) is 32.7 Å². The number of anilines is 1. The van der Waals surface area contributed by atoms with Gasteiger partial charge in [-0.05, 0) is 31.4 Å². The first-order chi connectivity index (χ1) is 10.2. The number of aromatic nitrogens is 2. The second-order valence-corrected chi connectivity index (χ2v) is 5.82. The Labute approximate surface area is 125 Å². The van der Waals surface area contributed by atoms with Crippen molar-refractivity contribution in [3.8, 4) is 0 Å². The van der Waals surface area contributed by atoms with Crippen molar-refractivity contribution in [2.75, 3.05) is 25.0 Å². The molecule has 0 spiro atoms. The van der Waals surface area contributed by atoms with Crippen LogP contribution in [0, 0.1) is 0 Å². The molecule has 2 heterocycles. The summed E-state index contributed by atoms with van der Waals surface area (Å²) in [5.41, 5.74) is 2.03. The van der Waals surface area contributed by atoms with Gasteiger partial charge in [0.1, 0.15) is 0 Å². The zero-order valence-electron chi connectivity index (χ0n) is 12.6. The van der Waals surface area contributed by atoms with Crippen molar-refractivity contribution in [3.05, 3.63) is 24.3 Å². The lowest BCUT2D eigenvalue weighted by Crippen LogP contribution is -3.13. The quantitative estimate of drug-likeness (QED) is 0.883. The van der Waals surface area contributed by atoms with E-state index in [0.29, 0.717) is 5.95 Å². The van der Waals surface area contributed by atoms with Gasteiger partial charge in [-0.1, -0.05) is 12.1 Å². The summed E-state index contributed by atoms with van der Waals surface area (Å²) in [4.78, 5) is 17.6. The van der Waals surface area contributed by atoms with Gasteiger partial charge in [0.2, 0.25) is 11.9 Å². The number of nitrogens with zero attached hydrogens (tertiary/aromatic N) is 2. The average Bonchev–Trinajstić information content (AvgIpc) is 2.82. The van der Waals surface area contributed by atoms with Crippen LogP contribution in [0.2, 0.25) is 0 Å². The molecule has 0 saturated carbocycles. The Morgan fingerprint density at radius 3 is 2.81 bits per heavy atom. The van der Waals surface area contributed by atoms with Gasteiger partial charge in [0, 0.05) is 6.92 Å². The fraction of sp³-hybridized carbons (Fsp3) is 0.500. The fourth-order valence-electron chi connectivity index (χ4n) is 3.13. The van der Waals surface area contributed by atoms with Gasteiger partial charge >= 0.3 is 0 Å². The third-order valence-corrected chi connectivity index (χ3v) is 4.19. The van der Waals surface area contributed by atoms with Crippen LogP contribution in [0.5, 0.6) is 0 Å². The highest BCUT2D eigenvalue weighted by molar-refractivity contribution is 5.89. The predicted octanol–water partition coefficient (Wildman–Crippen LogP) is 1.06. The number of hydrogen-bond donors (Lipinski definition) is 2. The lowest BCUT2D eigenvalue weighted by Gasteiger charge is -2.24. The molecule has 21 heavy (non-hydrogen) atoms. The van der Waals surface area contributed by atoms with Gasteiger partial charge in [-0.2, -0.15) is 0 Å². The minimum absolute atomic E-state index is 0.0723. The smallest absolute Gasteiger partial charge is 0.223 e. The molecule has 1 amide bonds. The van der Waals surface area contributed by atoms with Gasteiger partial charge in [0.15, 0.2) is 0 Å². The van der Waals surface area contributed by atoms with Crippen LogP contribution in [-0.4, -0.2) is 35.1 Å². The predicted molar refractivity (Wildman–Crippen MR) is 83.5 cm³/mol. The zero-order valence-corrected chi connectivity index (χ0v) is 12.6. The normalized spacial score (nSPS) is 16.2. The minimum Gasteiger partial charge on any atom is -0.333 e. The summed E-state index contributed by atoms with van der Waals surface area (Å²) in [5.74, 6) is 0.594. The molecule has 1 aliphatic rings. The molecule has 0 unspecified atom stereocenters. The molecule has 1 aliphatic heterocycles. The van der Waals surface area contributed by atoms with Crippen LogP contribution in [0.3, 0.4) is 0 Å². The number of para-hydroxylation sites is 2. The largest absolute Gasteiger partial charge is 0.333 e. The second kappa shape index (κ2) is 6.26. The Morgan fingerprint density at radius 2 is 2.05 bits per heavy atom. The third kappa shape index (κ3) is 3.24. The van der Waals surface area contributed by atoms with E-state index in [1.807, 2.05) is 18.2 Å². The maximum atomic E-state index is 11.4. The van der Waals surface area contributed by atoms with Crippen LogP contribution in [0.1, 0.15) is 26.2 Å². The van der Waals surface area contributed by atoms with Crippen molar-refractivity contribution in [2.24, 2.45) is 0 Å². The number of fused-ring (bicyclic) bond motifs is 1. The van der Waals surface area contributed by atoms with E-state index in [0.717, 1.165) is 24.1 Å². The molecular weight excluding hydrogens is 264 g/mol. The van der Waals surface area contributed by atoms with E-state index in [1.54, 1.807) is 4.90 Å². The number of imidazole rings is 1. The third-order valence-electron chi connectivity index (χ3n) is 4.19. The molecule has 2 N–H and O–H groups in total. The number of benzene rings is 1. The highest BCUT2D eigenvalue weighted by Gasteiger charge is 2.16. The standard InChI is InChI=1S/C16H22N4O/c1-13(21)17-16-18-14-7-3-4-8-15(14)20(16)12-11-19-9-5-2-6-10-19/h3-4,7-8H,2,5-6,9-12H2,1H3,(H,17,18,21)/p+1. The fourth-order valence-corrected chi connectivity index (χ4v) is 3.13. The van der Waals surface area contributed by atoms with Crippen molar-refractivity contribution < 1.29 is 9.69 Å². The number of carbonyl (C=O) groups is 1. The van der Waals surface area contributed by atoms with Crippen LogP contribution < -0.4 is 10.2 Å². The monoisotopic (exact) mass is 287 g/mol. The number of likely N-dealkylation sites (tertiary alicyclic amines) is 1. The molecule has 1 aromatic carbocycles. The lowest BCUT2D eigenvalue weighted by molar-refractivity contribution is -0.905. The molecule has 5 heteroatoms. The molecular formula is C16H23N4O+. The molecule has 1 saturated heterocycles. The van der Waals surface area contributed by atoms with Crippen LogP contribution in [-0.2, 0) is 11.3 Å². The Kier molecular flexibility index (Phi) is 4.20. The Morgan fingerprint density at radius 1 is 1.29 bits per heavy atom. The Bertz CT molecular complexity index is 628. The van der Waals surface area contributed by atoms with Gasteiger partial charge in [0.05, 0.1) is 37.2 Å². The average molecular weight is 287 g/mol. The molecule has 0 radical (unpaired) electrons. The number of hydrogen-bond acceptors (Lipinski definition) is 2. The summed E-state index contributed by atoms with van der Waals surface area (Å²) in [7, 11) is 0. The molecule has 0 atom stereocenters. The molecule has 3 rings (SSSR count). The van der Waals surface area contributed by atoms with Crippen LogP contribution in [0.15, 0.2) is 24.3 Å². The Balaban J connectivity index is 1.82. The maximum Gasteiger partial charge on any atom is 0.223 e. The first-order valence-electron chi connectivity index (χ1n) is 7.80. The van der Waals surface area contributed by atoms with E-state index in [1.165, 1.54) is 39.3 Å². The highest BCUT2D eigenvalue weighted by atomic mass is 16.1. The molecule has 1 aromatic heterocycles. The molecule has 0 aliphatic carbocycles. The van der Waals surface area contributed by atoms with Crippen molar-refractivity contribution in [1.29, 1.82) is 0 Å². The zero-order chi connectivity index (χ0) is 14.7. The van der Waals surface area contributed by atoms with E-state index < -0.39 is 0 Å². The SMILES string of the molecule is CC(=O)Nc1nc2ccccc2n1CC[NH+]1CCCCC1. The maximum absolute atomic E-state index is 11.4. The van der Waals surface area contributed by atoms with E-state index in [9.17, 15) is 4.79 Å². The van der Waals surface area contributed by atoms with Crippen molar-refractivity contribution in [1.82, 2.24) is 9.55 Å². The van der Waals surface area contributed by atoms with Gasteiger partial charge in [-0.3, -0.25) is 10.1 Å². The van der Waals surface area contributed by atoms with E-state index in [4.69, 9.17) is 0 Å². The minimum atomic E-state index is -0.0723. The van der Waals surface area contributed by atoms with Gasteiger partial charge < -0.3 is 9.47 Å². The van der Waals surface area contributed by atoms with Crippen LogP contribution >= 0.6 is 0 Å². The Hall–Kier alpha value is -1.88. The van der Waals surface area contributed by atoms with Gasteiger partial charge in [-0.25, -0.2) is 4.98 Å². The summed E-state index contributed by atoms with van der Waals surface area (Å²) in [5, 5.41) is 2.85. The number of carbonyl (C=O) groups excluding carboxylic acids is 1. The van der Waals surface area contributed by atoms with Crippen LogP contribution in [0.4, 0.5) is 5.95 Å². The van der Waals surface area contributed by atoms with Crippen molar-refractivity contribution >= 4 is 22.9 Å². The number of piperidine rings is 1. The van der Waals surface area contributed by atoms with Gasteiger partial charge in [-0.15, -0.1) is 0 Å². The summed E-state index contributed by atoms with van der Waals surface area (Å²) in [6.45, 7) is 6.04. The molecule has 112 valence electrons. The molecule has 0 bridgehead atoms. The van der Waals surface area contributed by atoms with E-state index >= 15 is 0 Å². The van der Waals surface area contributed by atoms with Crippen molar-refractivity contribution in [3.63, 3.8) is 0 Å². The van der Waals surface area contributed by atoms with Gasteiger partial charge in [0.25, 0.3) is 0 Å². The second-order valence-electron chi connectivity index (χ2n) is 5.82. The lowest BCUT2D eigenvalue weighted by atomic mass is 10.1. The van der Waals surface area contributed by atoms with Crippen LogP contribution in [0.25, 0.3) is 11.0 Å². The summed E-state index contributed by atoms with van der Waals surface area (Å²) in [6, 6.07) is 8.06. The van der Waals surface area contributed by atoms with E-state index in [-0.39, 0.29) is 5.91 Å². The summed E-state index contributed by atoms with van der Waals surface area (Å²) in [6.07, 6.45) is 4.03. The highest BCUT2D eigenvalue weighted by Crippen LogP contribution is 2.19. The topological polar surface area (TPSA) is 51.4 Å². The number of amides is 1. The number of nitrogens with one attached hydrogen (secondary N) is 2. The number of rotatable bonds is 4. The molecule has 1 fully saturated rings.